The van der Waals surface area contributed by atoms with Crippen molar-refractivity contribution in [1.29, 1.82) is 0 Å². The van der Waals surface area contributed by atoms with E-state index in [-0.39, 0.29) is 11.9 Å². The number of anilines is 3. The maximum atomic E-state index is 13.1. The lowest BCUT2D eigenvalue weighted by atomic mass is 10.1. The molecule has 1 aliphatic rings. The molecule has 0 saturated carbocycles. The SMILES string of the molecule is O=C(Nc1ccc(Br)cc1)Nc1ccc(N2CCCC2)c(C(=O)NCc2cccnc2)c1. The molecule has 2 heterocycles. The molecule has 164 valence electrons. The van der Waals surface area contributed by atoms with E-state index < -0.39 is 0 Å². The van der Waals surface area contributed by atoms with E-state index in [1.54, 1.807) is 30.6 Å². The van der Waals surface area contributed by atoms with Crippen molar-refractivity contribution in [1.82, 2.24) is 10.3 Å². The number of hydrogen-bond acceptors (Lipinski definition) is 4. The van der Waals surface area contributed by atoms with Gasteiger partial charge in [0.2, 0.25) is 0 Å². The Morgan fingerprint density at radius 2 is 1.69 bits per heavy atom. The monoisotopic (exact) mass is 493 g/mol. The van der Waals surface area contributed by atoms with Crippen LogP contribution in [0.15, 0.2) is 71.5 Å². The summed E-state index contributed by atoms with van der Waals surface area (Å²) in [5.41, 5.74) is 3.57. The molecule has 32 heavy (non-hydrogen) atoms. The number of nitrogens with one attached hydrogen (secondary N) is 3. The van der Waals surface area contributed by atoms with Crippen LogP contribution in [0.5, 0.6) is 0 Å². The maximum Gasteiger partial charge on any atom is 0.323 e. The first-order valence-corrected chi connectivity index (χ1v) is 11.3. The average molecular weight is 494 g/mol. The quantitative estimate of drug-likeness (QED) is 0.449. The fraction of sp³-hybridized carbons (Fsp3) is 0.208. The van der Waals surface area contributed by atoms with E-state index in [2.05, 4.69) is 41.8 Å². The van der Waals surface area contributed by atoms with Crippen LogP contribution in [0.1, 0.15) is 28.8 Å². The van der Waals surface area contributed by atoms with Gasteiger partial charge in [-0.2, -0.15) is 0 Å². The van der Waals surface area contributed by atoms with Gasteiger partial charge in [-0.3, -0.25) is 9.78 Å². The molecule has 0 bridgehead atoms. The maximum absolute atomic E-state index is 13.1. The van der Waals surface area contributed by atoms with Crippen LogP contribution in [0, 0.1) is 0 Å². The summed E-state index contributed by atoms with van der Waals surface area (Å²) >= 11 is 3.38. The Balaban J connectivity index is 1.50. The first-order chi connectivity index (χ1) is 15.6. The molecule has 0 unspecified atom stereocenters. The van der Waals surface area contributed by atoms with Crippen LogP contribution in [0.3, 0.4) is 0 Å². The molecular weight excluding hydrogens is 470 g/mol. The summed E-state index contributed by atoms with van der Waals surface area (Å²) in [6.45, 7) is 2.22. The molecule has 3 N–H and O–H groups in total. The van der Waals surface area contributed by atoms with E-state index in [0.29, 0.717) is 23.5 Å². The molecule has 1 saturated heterocycles. The van der Waals surface area contributed by atoms with E-state index in [0.717, 1.165) is 41.7 Å². The van der Waals surface area contributed by atoms with Gasteiger partial charge in [0.25, 0.3) is 5.91 Å². The molecule has 4 rings (SSSR count). The molecular formula is C24H24BrN5O2. The molecule has 0 spiro atoms. The lowest BCUT2D eigenvalue weighted by Gasteiger charge is -2.22. The summed E-state index contributed by atoms with van der Waals surface area (Å²) in [6, 6.07) is 16.2. The van der Waals surface area contributed by atoms with Crippen molar-refractivity contribution in [3.8, 4) is 0 Å². The number of halogens is 1. The average Bonchev–Trinajstić information content (AvgIpc) is 3.34. The van der Waals surface area contributed by atoms with Crippen LogP contribution in [-0.2, 0) is 6.54 Å². The van der Waals surface area contributed by atoms with Crippen molar-refractivity contribution in [3.63, 3.8) is 0 Å². The van der Waals surface area contributed by atoms with Crippen LogP contribution >= 0.6 is 15.9 Å². The Morgan fingerprint density at radius 3 is 2.41 bits per heavy atom. The van der Waals surface area contributed by atoms with E-state index >= 15 is 0 Å². The molecule has 0 radical (unpaired) electrons. The molecule has 3 aromatic rings. The van der Waals surface area contributed by atoms with E-state index in [4.69, 9.17) is 0 Å². The fourth-order valence-electron chi connectivity index (χ4n) is 3.64. The van der Waals surface area contributed by atoms with Gasteiger partial charge >= 0.3 is 6.03 Å². The summed E-state index contributed by atoms with van der Waals surface area (Å²) in [6.07, 6.45) is 5.63. The lowest BCUT2D eigenvalue weighted by Crippen LogP contribution is -2.27. The van der Waals surface area contributed by atoms with Gasteiger partial charge in [-0.1, -0.05) is 22.0 Å². The third-order valence-corrected chi connectivity index (χ3v) is 5.75. The molecule has 8 heteroatoms. The number of urea groups is 1. The van der Waals surface area contributed by atoms with Gasteiger partial charge in [0.05, 0.1) is 5.56 Å². The topological polar surface area (TPSA) is 86.4 Å². The second kappa shape index (κ2) is 10.3. The summed E-state index contributed by atoms with van der Waals surface area (Å²) < 4.78 is 0.933. The summed E-state index contributed by atoms with van der Waals surface area (Å²) in [7, 11) is 0. The smallest absolute Gasteiger partial charge is 0.323 e. The third-order valence-electron chi connectivity index (χ3n) is 5.22. The van der Waals surface area contributed by atoms with Crippen molar-refractivity contribution in [2.24, 2.45) is 0 Å². The van der Waals surface area contributed by atoms with E-state index in [9.17, 15) is 9.59 Å². The predicted molar refractivity (Wildman–Crippen MR) is 130 cm³/mol. The number of carbonyl (C=O) groups excluding carboxylic acids is 2. The van der Waals surface area contributed by atoms with Crippen molar-refractivity contribution >= 4 is 44.9 Å². The standard InChI is InChI=1S/C24H24BrN5O2/c25-18-5-7-19(8-6-18)28-24(32)29-20-9-10-22(30-12-1-2-13-30)21(14-20)23(31)27-16-17-4-3-11-26-15-17/h3-11,14-15H,1-2,12-13,16H2,(H,27,31)(H2,28,29,32). The highest BCUT2D eigenvalue weighted by molar-refractivity contribution is 9.10. The van der Waals surface area contributed by atoms with Crippen LogP contribution in [0.25, 0.3) is 0 Å². The molecule has 1 aliphatic heterocycles. The fourth-order valence-corrected chi connectivity index (χ4v) is 3.90. The highest BCUT2D eigenvalue weighted by Crippen LogP contribution is 2.28. The summed E-state index contributed by atoms with van der Waals surface area (Å²) in [5, 5.41) is 8.58. The minimum atomic E-state index is -0.372. The van der Waals surface area contributed by atoms with Gasteiger partial charge in [-0.25, -0.2) is 4.79 Å². The molecule has 2 aromatic carbocycles. The zero-order chi connectivity index (χ0) is 22.3. The number of nitrogens with zero attached hydrogens (tertiary/aromatic N) is 2. The number of amides is 3. The third kappa shape index (κ3) is 5.64. The first-order valence-electron chi connectivity index (χ1n) is 10.5. The zero-order valence-corrected chi connectivity index (χ0v) is 19.1. The van der Waals surface area contributed by atoms with Gasteiger partial charge in [-0.15, -0.1) is 0 Å². The molecule has 0 atom stereocenters. The number of rotatable bonds is 6. The number of benzene rings is 2. The highest BCUT2D eigenvalue weighted by Gasteiger charge is 2.20. The van der Waals surface area contributed by atoms with Gasteiger partial charge in [0.1, 0.15) is 0 Å². The molecule has 1 fully saturated rings. The molecule has 1 aromatic heterocycles. The van der Waals surface area contributed by atoms with Crippen molar-refractivity contribution in [2.45, 2.75) is 19.4 Å². The zero-order valence-electron chi connectivity index (χ0n) is 17.5. The first kappa shape index (κ1) is 21.8. The minimum absolute atomic E-state index is 0.187. The number of pyridine rings is 1. The molecule has 3 amide bonds. The number of carbonyl (C=O) groups is 2. The van der Waals surface area contributed by atoms with Crippen LogP contribution in [0.4, 0.5) is 21.9 Å². The Labute approximate surface area is 195 Å². The van der Waals surface area contributed by atoms with Crippen LogP contribution in [0.2, 0.25) is 0 Å². The van der Waals surface area contributed by atoms with Crippen molar-refractivity contribution in [3.05, 3.63) is 82.6 Å². The van der Waals surface area contributed by atoms with Gasteiger partial charge in [0.15, 0.2) is 0 Å². The van der Waals surface area contributed by atoms with E-state index in [1.807, 2.05) is 36.4 Å². The lowest BCUT2D eigenvalue weighted by molar-refractivity contribution is 0.0951. The van der Waals surface area contributed by atoms with Gasteiger partial charge in [0, 0.05) is 53.6 Å². The highest BCUT2D eigenvalue weighted by atomic mass is 79.9. The predicted octanol–water partition coefficient (Wildman–Crippen LogP) is 5.02. The molecule has 7 nitrogen and oxygen atoms in total. The Morgan fingerprint density at radius 1 is 0.969 bits per heavy atom. The normalized spacial score (nSPS) is 13.0. The summed E-state index contributed by atoms with van der Waals surface area (Å²) in [4.78, 5) is 31.8. The number of aromatic nitrogens is 1. The van der Waals surface area contributed by atoms with Gasteiger partial charge in [-0.05, 0) is 66.9 Å². The second-order valence-electron chi connectivity index (χ2n) is 7.56. The number of hydrogen-bond donors (Lipinski definition) is 3. The Bertz CT molecular complexity index is 1080. The van der Waals surface area contributed by atoms with Crippen molar-refractivity contribution in [2.75, 3.05) is 28.6 Å². The minimum Gasteiger partial charge on any atom is -0.371 e. The Hall–Kier alpha value is -3.39. The van der Waals surface area contributed by atoms with Crippen LogP contribution in [-0.4, -0.2) is 30.0 Å². The summed E-state index contributed by atoms with van der Waals surface area (Å²) in [5.74, 6) is -0.187. The van der Waals surface area contributed by atoms with Crippen LogP contribution < -0.4 is 20.9 Å². The molecule has 0 aliphatic carbocycles. The largest absolute Gasteiger partial charge is 0.371 e. The van der Waals surface area contributed by atoms with E-state index in [1.165, 1.54) is 0 Å². The Kier molecular flexibility index (Phi) is 7.01. The van der Waals surface area contributed by atoms with Crippen molar-refractivity contribution < 1.29 is 9.59 Å². The second-order valence-corrected chi connectivity index (χ2v) is 8.47. The van der Waals surface area contributed by atoms with Gasteiger partial charge < -0.3 is 20.9 Å².